The summed E-state index contributed by atoms with van der Waals surface area (Å²) in [5, 5.41) is 2.84. The Hall–Kier alpha value is -2.62. The highest BCUT2D eigenvalue weighted by molar-refractivity contribution is 5.89. The van der Waals surface area contributed by atoms with Crippen LogP contribution in [0.4, 0.5) is 0 Å². The molecule has 0 aromatic rings. The van der Waals surface area contributed by atoms with Gasteiger partial charge in [-0.1, -0.05) is 46.5 Å². The second kappa shape index (κ2) is 16.1. The van der Waals surface area contributed by atoms with Gasteiger partial charge in [0, 0.05) is 25.3 Å². The molecule has 0 fully saturated rings. The molecule has 0 aromatic carbocycles. The molecule has 0 aromatic heterocycles. The number of aliphatic imine (C=N–C) groups is 1. The van der Waals surface area contributed by atoms with Gasteiger partial charge in [0.25, 0.3) is 0 Å². The zero-order valence-electron chi connectivity index (χ0n) is 21.0. The molecule has 0 bridgehead atoms. The van der Waals surface area contributed by atoms with E-state index < -0.39 is 36.9 Å². The van der Waals surface area contributed by atoms with Crippen molar-refractivity contribution in [3.63, 3.8) is 0 Å². The number of nitrogens with one attached hydrogen (secondary N) is 1. The third-order valence-electron chi connectivity index (χ3n) is 5.66. The van der Waals surface area contributed by atoms with Crippen molar-refractivity contribution >= 4 is 23.8 Å². The molecule has 10 nitrogen and oxygen atoms in total. The van der Waals surface area contributed by atoms with Gasteiger partial charge in [0.05, 0.1) is 24.3 Å². The van der Waals surface area contributed by atoms with E-state index >= 15 is 0 Å². The molecule has 10 heteroatoms. The van der Waals surface area contributed by atoms with Crippen LogP contribution in [0.2, 0.25) is 0 Å². The van der Waals surface area contributed by atoms with Crippen LogP contribution in [-0.2, 0) is 28.6 Å². The van der Waals surface area contributed by atoms with E-state index in [4.69, 9.17) is 25.7 Å². The number of ether oxygens (including phenoxy) is 3. The molecule has 3 atom stereocenters. The summed E-state index contributed by atoms with van der Waals surface area (Å²) in [6.07, 6.45) is 7.95. The lowest BCUT2D eigenvalue weighted by Gasteiger charge is -2.36. The summed E-state index contributed by atoms with van der Waals surface area (Å²) in [6, 6.07) is -1.17. The maximum Gasteiger partial charge on any atom is 0.336 e. The fourth-order valence-electron chi connectivity index (χ4n) is 3.84. The van der Waals surface area contributed by atoms with Gasteiger partial charge in [-0.3, -0.25) is 9.59 Å². The fourth-order valence-corrected chi connectivity index (χ4v) is 3.84. The smallest absolute Gasteiger partial charge is 0.336 e. The average molecular weight is 483 g/mol. The van der Waals surface area contributed by atoms with Gasteiger partial charge in [0.1, 0.15) is 0 Å². The third-order valence-corrected chi connectivity index (χ3v) is 5.66. The lowest BCUT2D eigenvalue weighted by molar-refractivity contribution is -0.165. The van der Waals surface area contributed by atoms with E-state index in [1.807, 2.05) is 13.8 Å². The summed E-state index contributed by atoms with van der Waals surface area (Å²) in [6.45, 7) is 7.05. The van der Waals surface area contributed by atoms with Gasteiger partial charge in [-0.15, -0.1) is 0 Å². The quantitative estimate of drug-likeness (QED) is 0.106. The number of nitrogens with two attached hydrogens (primary N) is 2. The van der Waals surface area contributed by atoms with Crippen LogP contribution < -0.4 is 16.8 Å². The van der Waals surface area contributed by atoms with E-state index in [0.717, 1.165) is 44.9 Å². The Kier molecular flexibility index (Phi) is 13.9. The number of guanidine groups is 1. The van der Waals surface area contributed by atoms with Crippen LogP contribution in [0, 0.1) is 0 Å². The summed E-state index contributed by atoms with van der Waals surface area (Å²) < 4.78 is 16.4. The largest absolute Gasteiger partial charge is 0.428 e. The summed E-state index contributed by atoms with van der Waals surface area (Å²) in [5.74, 6) is -1.48. The monoisotopic (exact) mass is 482 g/mol. The van der Waals surface area contributed by atoms with Crippen molar-refractivity contribution in [2.45, 2.75) is 110 Å². The average Bonchev–Trinajstić information content (AvgIpc) is 2.78. The number of hydrogen-bond donors (Lipinski definition) is 3. The number of esters is 2. The Bertz CT molecular complexity index is 716. The number of amides is 1. The van der Waals surface area contributed by atoms with Crippen molar-refractivity contribution in [1.29, 1.82) is 0 Å². The highest BCUT2D eigenvalue weighted by Crippen LogP contribution is 2.27. The number of hydrogen-bond acceptors (Lipinski definition) is 7. The van der Waals surface area contributed by atoms with Crippen molar-refractivity contribution in [1.82, 2.24) is 5.32 Å². The molecule has 0 unspecified atom stereocenters. The molecule has 0 saturated heterocycles. The zero-order chi connectivity index (χ0) is 25.5. The second-order valence-electron chi connectivity index (χ2n) is 8.51. The van der Waals surface area contributed by atoms with Gasteiger partial charge in [0.2, 0.25) is 12.7 Å². The second-order valence-corrected chi connectivity index (χ2v) is 8.51. The predicted molar refractivity (Wildman–Crippen MR) is 130 cm³/mol. The Morgan fingerprint density at radius 3 is 2.35 bits per heavy atom. The molecule has 0 aliphatic heterocycles. The maximum absolute atomic E-state index is 12.7. The number of carbonyl (C=O) groups excluding carboxylic acids is 3. The van der Waals surface area contributed by atoms with E-state index in [9.17, 15) is 14.4 Å². The van der Waals surface area contributed by atoms with Crippen LogP contribution in [0.1, 0.15) is 85.5 Å². The topological polar surface area (TPSA) is 155 Å². The minimum atomic E-state index is -0.647. The van der Waals surface area contributed by atoms with E-state index in [0.29, 0.717) is 12.0 Å². The standard InChI is InChI=1S/C24H42N4O6/c1-5-8-9-10-11-12-21(30)32-15-33-23(31)17-13-19(28-24(25)26)22(27-16(4)29)20(14-17)34-18(6-2)7-3/h14,18-20,22H,5-13,15H2,1-4H3,(H,27,29)(H4,25,26,28)/t19-,20+,22+/m0/s1. The first-order valence-electron chi connectivity index (χ1n) is 12.3. The van der Waals surface area contributed by atoms with E-state index in [1.165, 1.54) is 6.92 Å². The molecule has 5 N–H and O–H groups in total. The predicted octanol–water partition coefficient (Wildman–Crippen LogP) is 2.44. The molecule has 0 heterocycles. The Morgan fingerprint density at radius 1 is 1.09 bits per heavy atom. The van der Waals surface area contributed by atoms with Gasteiger partial charge in [-0.2, -0.15) is 0 Å². The molecule has 1 rings (SSSR count). The van der Waals surface area contributed by atoms with E-state index in [2.05, 4.69) is 17.2 Å². The van der Waals surface area contributed by atoms with Crippen LogP contribution in [0.5, 0.6) is 0 Å². The molecule has 34 heavy (non-hydrogen) atoms. The number of nitrogens with zero attached hydrogens (tertiary/aromatic N) is 1. The number of rotatable bonds is 15. The van der Waals surface area contributed by atoms with Crippen LogP contribution in [-0.4, -0.2) is 54.9 Å². The Labute approximate surface area is 202 Å². The zero-order valence-corrected chi connectivity index (χ0v) is 21.0. The molecule has 1 amide bonds. The summed E-state index contributed by atoms with van der Waals surface area (Å²) >= 11 is 0. The number of unbranched alkanes of at least 4 members (excludes halogenated alkanes) is 4. The van der Waals surface area contributed by atoms with Crippen molar-refractivity contribution in [3.8, 4) is 0 Å². The maximum atomic E-state index is 12.7. The number of carbonyl (C=O) groups is 3. The van der Waals surface area contributed by atoms with Gasteiger partial charge in [-0.25, -0.2) is 9.79 Å². The Morgan fingerprint density at radius 2 is 1.76 bits per heavy atom. The van der Waals surface area contributed by atoms with Gasteiger partial charge >= 0.3 is 11.9 Å². The summed E-state index contributed by atoms with van der Waals surface area (Å²) in [5.41, 5.74) is 11.5. The van der Waals surface area contributed by atoms with E-state index in [-0.39, 0.29) is 24.4 Å². The highest BCUT2D eigenvalue weighted by atomic mass is 16.7. The molecule has 0 radical (unpaired) electrons. The van der Waals surface area contributed by atoms with Gasteiger partial charge in [-0.05, 0) is 25.3 Å². The highest BCUT2D eigenvalue weighted by Gasteiger charge is 2.38. The van der Waals surface area contributed by atoms with E-state index in [1.54, 1.807) is 6.08 Å². The first-order chi connectivity index (χ1) is 16.2. The fraction of sp³-hybridized carbons (Fsp3) is 0.750. The normalized spacial score (nSPS) is 19.8. The molecule has 194 valence electrons. The van der Waals surface area contributed by atoms with Gasteiger partial charge in [0.15, 0.2) is 5.96 Å². The van der Waals surface area contributed by atoms with Crippen LogP contribution in [0.15, 0.2) is 16.6 Å². The molecule has 1 aliphatic rings. The molecule has 1 aliphatic carbocycles. The first kappa shape index (κ1) is 29.4. The SMILES string of the molecule is CCCCCCCC(=O)OCOC(=O)C1=C[C@@H](OC(CC)CC)[C@H](NC(C)=O)[C@@H](N=C(N)N)C1. The summed E-state index contributed by atoms with van der Waals surface area (Å²) in [4.78, 5) is 40.6. The lowest BCUT2D eigenvalue weighted by Crippen LogP contribution is -2.54. The van der Waals surface area contributed by atoms with Crippen molar-refractivity contribution in [3.05, 3.63) is 11.6 Å². The molecular weight excluding hydrogens is 440 g/mol. The van der Waals surface area contributed by atoms with Crippen LogP contribution in [0.3, 0.4) is 0 Å². The third kappa shape index (κ3) is 11.0. The van der Waals surface area contributed by atoms with Crippen LogP contribution >= 0.6 is 0 Å². The lowest BCUT2D eigenvalue weighted by atomic mass is 9.88. The minimum absolute atomic E-state index is 0.0778. The summed E-state index contributed by atoms with van der Waals surface area (Å²) in [7, 11) is 0. The first-order valence-corrected chi connectivity index (χ1v) is 12.3. The Balaban J connectivity index is 2.83. The van der Waals surface area contributed by atoms with Crippen molar-refractivity contribution in [2.24, 2.45) is 16.5 Å². The van der Waals surface area contributed by atoms with Gasteiger partial charge < -0.3 is 31.0 Å². The molecular formula is C24H42N4O6. The molecule has 0 saturated carbocycles. The minimum Gasteiger partial charge on any atom is -0.428 e. The van der Waals surface area contributed by atoms with Crippen LogP contribution in [0.25, 0.3) is 0 Å². The molecule has 0 spiro atoms. The van der Waals surface area contributed by atoms with Crippen molar-refractivity contribution < 1.29 is 28.6 Å². The van der Waals surface area contributed by atoms with Crippen molar-refractivity contribution in [2.75, 3.05) is 6.79 Å².